The number of aliphatic hydroxyl groups is 9. The summed E-state index contributed by atoms with van der Waals surface area (Å²) in [7, 11) is 0. The minimum absolute atomic E-state index is 0.0103. The van der Waals surface area contributed by atoms with E-state index in [1.165, 1.54) is 6.92 Å². The lowest BCUT2D eigenvalue weighted by atomic mass is 9.68. The predicted molar refractivity (Wildman–Crippen MR) is 248 cm³/mol. The van der Waals surface area contributed by atoms with Gasteiger partial charge in [0.2, 0.25) is 0 Å². The molecule has 0 radical (unpaired) electrons. The largest absolute Gasteiger partial charge is 0.464 e. The van der Waals surface area contributed by atoms with Crippen LogP contribution in [0.25, 0.3) is 0 Å². The molecule has 6 unspecified atom stereocenters. The van der Waals surface area contributed by atoms with Gasteiger partial charge in [0.15, 0.2) is 19.0 Å². The molecule has 12 atom stereocenters. The predicted octanol–water partition coefficient (Wildman–Crippen LogP) is 0.702. The van der Waals surface area contributed by atoms with E-state index in [-0.39, 0.29) is 98.0 Å². The maximum atomic E-state index is 13.8. The molecular weight excluding hydrogens is 1020 g/mol. The van der Waals surface area contributed by atoms with E-state index in [1.54, 1.807) is 20.8 Å². The third-order valence-corrected chi connectivity index (χ3v) is 14.1. The Bertz CT molecular complexity index is 1510. The molecular formula is C46H88O29. The highest BCUT2D eigenvalue weighted by Crippen LogP contribution is 2.47. The van der Waals surface area contributed by atoms with Crippen molar-refractivity contribution in [2.45, 2.75) is 136 Å². The highest BCUT2D eigenvalue weighted by molar-refractivity contribution is 5.76. The Morgan fingerprint density at radius 1 is 0.507 bits per heavy atom. The maximum absolute atomic E-state index is 13.8. The monoisotopic (exact) mass is 1100 g/mol. The molecule has 2 aliphatic rings. The molecule has 29 nitrogen and oxygen atoms in total. The summed E-state index contributed by atoms with van der Waals surface area (Å²) in [5, 5.41) is 115. The van der Waals surface area contributed by atoms with Gasteiger partial charge < -0.3 is 50.7 Å². The number of carbonyl (C=O) groups is 1. The fraction of sp³-hybridized carbons (Fsp3) is 0.978. The van der Waals surface area contributed by atoms with Crippen molar-refractivity contribution in [1.82, 2.24) is 0 Å². The summed E-state index contributed by atoms with van der Waals surface area (Å²) in [6.45, 7) is 3.49. The van der Waals surface area contributed by atoms with E-state index >= 15 is 0 Å². The van der Waals surface area contributed by atoms with E-state index in [4.69, 9.17) is 78.6 Å². The molecule has 0 bridgehead atoms. The Hall–Kier alpha value is -1.61. The van der Waals surface area contributed by atoms with Crippen LogP contribution in [-0.2, 0) is 88.0 Å². The van der Waals surface area contributed by atoms with Crippen LogP contribution in [0.4, 0.5) is 0 Å². The van der Waals surface area contributed by atoms with Crippen molar-refractivity contribution < 1.29 is 145 Å². The third kappa shape index (κ3) is 22.5. The molecule has 75 heavy (non-hydrogen) atoms. The van der Waals surface area contributed by atoms with Crippen LogP contribution < -0.4 is 0 Å². The van der Waals surface area contributed by atoms with Gasteiger partial charge in [-0.2, -0.15) is 9.78 Å². The molecule has 0 saturated carbocycles. The molecule has 29 heteroatoms. The standard InChI is InChI=1S/C46H88O29/c1-40(21-50,10-7-16-47)11-9-19-60-61-26-42(3,23-52)27-62-64-31-46(30-59-39(56)45(6,25-54)29-66-75-74-58,32-65-63-28-44(5,24-53)37-38(73-71-37)72-67-33-55)14-13-43(4,12-8-17-48)36-35(69-70-36)34(68-57)20-41(2,22-51)15-18-49/h34-38,47-55,57-58H,7-33H2,1-6H3/t34?,35?,36?,37?,38?,40-,41-,42-,43-,44-,45-,46?/m0/s1. The first-order chi connectivity index (χ1) is 35.7. The molecule has 2 heterocycles. The highest BCUT2D eigenvalue weighted by Gasteiger charge is 2.55. The van der Waals surface area contributed by atoms with Gasteiger partial charge in [-0.05, 0) is 97.5 Å². The zero-order valence-corrected chi connectivity index (χ0v) is 44.2. The van der Waals surface area contributed by atoms with Gasteiger partial charge in [0.25, 0.3) is 6.29 Å². The van der Waals surface area contributed by atoms with Crippen LogP contribution in [0.15, 0.2) is 0 Å². The minimum Gasteiger partial charge on any atom is -0.464 e. The summed E-state index contributed by atoms with van der Waals surface area (Å²) in [6.07, 6.45) is -1.88. The van der Waals surface area contributed by atoms with Crippen molar-refractivity contribution >= 4 is 5.97 Å². The van der Waals surface area contributed by atoms with Gasteiger partial charge in [-0.15, -0.1) is 0 Å². The smallest absolute Gasteiger partial charge is 0.316 e. The first kappa shape index (κ1) is 69.5. The normalized spacial score (nSPS) is 24.0. The Kier molecular flexibility index (Phi) is 32.6. The van der Waals surface area contributed by atoms with E-state index < -0.39 is 128 Å². The van der Waals surface area contributed by atoms with Crippen molar-refractivity contribution in [3.05, 3.63) is 0 Å². The van der Waals surface area contributed by atoms with Gasteiger partial charge >= 0.3 is 5.97 Å². The summed E-state index contributed by atoms with van der Waals surface area (Å²) in [6, 6.07) is 0. The van der Waals surface area contributed by atoms with Crippen molar-refractivity contribution in [2.24, 2.45) is 37.9 Å². The number of hydrogen-bond acceptors (Lipinski definition) is 29. The number of ether oxygens (including phenoxy) is 1. The summed E-state index contributed by atoms with van der Waals surface area (Å²) < 4.78 is 5.86. The topological polar surface area (TPSA) is 397 Å². The van der Waals surface area contributed by atoms with Crippen LogP contribution >= 0.6 is 0 Å². The summed E-state index contributed by atoms with van der Waals surface area (Å²) in [5.41, 5.74) is -7.99. The molecule has 0 aromatic rings. The molecule has 0 aliphatic carbocycles. The second-order valence-electron chi connectivity index (χ2n) is 21.7. The van der Waals surface area contributed by atoms with Gasteiger partial charge in [-0.1, -0.05) is 34.6 Å². The Labute approximate surface area is 436 Å². The lowest BCUT2D eigenvalue weighted by Gasteiger charge is -2.50. The van der Waals surface area contributed by atoms with Gasteiger partial charge in [-0.25, -0.2) is 63.9 Å². The fourth-order valence-corrected chi connectivity index (χ4v) is 8.08. The van der Waals surface area contributed by atoms with E-state index in [9.17, 15) is 50.9 Å². The van der Waals surface area contributed by atoms with Crippen LogP contribution in [0.5, 0.6) is 0 Å². The van der Waals surface area contributed by atoms with E-state index in [0.29, 0.717) is 25.7 Å². The molecule has 0 aromatic heterocycles. The SMILES string of the molecule is C[C@](CO)(CCCO)CCCOOC[C@](C)(CO)COOCC(CC[C@](C)(CCCO)C1OOC1C(C[C@@](C)(CO)CCO)OO)(COOC[C@](C)(CO)C1OOC1OOCO)COC(=O)[C@@](C)(CO)COOOO. The minimum atomic E-state index is -1.81. The molecule has 0 spiro atoms. The second-order valence-corrected chi connectivity index (χ2v) is 21.7. The molecule has 2 rings (SSSR count). The first-order valence-electron chi connectivity index (χ1n) is 24.9. The van der Waals surface area contributed by atoms with Crippen LogP contribution in [-0.4, -0.2) is 206 Å². The van der Waals surface area contributed by atoms with E-state index in [1.807, 2.05) is 13.8 Å². The van der Waals surface area contributed by atoms with E-state index in [0.717, 1.165) is 0 Å². The Balaban J connectivity index is 2.51. The van der Waals surface area contributed by atoms with Gasteiger partial charge in [0, 0.05) is 38.4 Å². The quantitative estimate of drug-likeness (QED) is 0.0131. The summed E-state index contributed by atoms with van der Waals surface area (Å²) in [4.78, 5) is 88.1. The Morgan fingerprint density at radius 3 is 1.63 bits per heavy atom. The molecule has 446 valence electrons. The lowest BCUT2D eigenvalue weighted by molar-refractivity contribution is -0.625. The second kappa shape index (κ2) is 35.2. The van der Waals surface area contributed by atoms with Crippen LogP contribution in [0, 0.1) is 37.9 Å². The van der Waals surface area contributed by atoms with Gasteiger partial charge in [0.05, 0.1) is 70.3 Å². The number of esters is 1. The zero-order valence-electron chi connectivity index (χ0n) is 44.2. The molecule has 2 aliphatic heterocycles. The molecule has 0 amide bonds. The average Bonchev–Trinajstić information content (AvgIpc) is 3.38. The number of carbonyl (C=O) groups excluding carboxylic acids is 1. The molecule has 11 N–H and O–H groups in total. The molecule has 2 saturated heterocycles. The van der Waals surface area contributed by atoms with Crippen molar-refractivity contribution in [1.29, 1.82) is 0 Å². The number of rotatable bonds is 49. The first-order valence-corrected chi connectivity index (χ1v) is 24.9. The summed E-state index contributed by atoms with van der Waals surface area (Å²) >= 11 is 0. The highest BCUT2D eigenvalue weighted by atomic mass is 17.6. The van der Waals surface area contributed by atoms with Crippen molar-refractivity contribution in [3.63, 3.8) is 0 Å². The van der Waals surface area contributed by atoms with Gasteiger partial charge in [-0.3, -0.25) is 10.1 Å². The van der Waals surface area contributed by atoms with Crippen molar-refractivity contribution in [2.75, 3.05) is 113 Å². The van der Waals surface area contributed by atoms with Gasteiger partial charge in [0.1, 0.15) is 30.8 Å². The van der Waals surface area contributed by atoms with E-state index in [2.05, 4.69) is 15.0 Å². The zero-order chi connectivity index (χ0) is 56.1. The Morgan fingerprint density at radius 2 is 1.11 bits per heavy atom. The number of hydrogen-bond donors (Lipinski definition) is 11. The molecule has 0 aromatic carbocycles. The fourth-order valence-electron chi connectivity index (χ4n) is 8.08. The third-order valence-electron chi connectivity index (χ3n) is 14.1. The van der Waals surface area contributed by atoms with Crippen molar-refractivity contribution in [3.8, 4) is 0 Å². The van der Waals surface area contributed by atoms with Crippen LogP contribution in [0.2, 0.25) is 0 Å². The maximum Gasteiger partial charge on any atom is 0.316 e. The van der Waals surface area contributed by atoms with Crippen LogP contribution in [0.3, 0.4) is 0 Å². The summed E-state index contributed by atoms with van der Waals surface area (Å²) in [5.74, 6) is -1.03. The lowest BCUT2D eigenvalue weighted by Crippen LogP contribution is -2.59. The molecule has 2 fully saturated rings. The average molecular weight is 1110 g/mol. The van der Waals surface area contributed by atoms with Crippen LogP contribution in [0.1, 0.15) is 106 Å². The number of aliphatic hydroxyl groups excluding tert-OH is 9.